The molecular weight excluding hydrogens is 186 g/mol. The van der Waals surface area contributed by atoms with Crippen LogP contribution >= 0.6 is 0 Å². The van der Waals surface area contributed by atoms with Crippen molar-refractivity contribution in [2.75, 3.05) is 0 Å². The highest BCUT2D eigenvalue weighted by molar-refractivity contribution is 5.38. The van der Waals surface area contributed by atoms with Crippen LogP contribution in [0.25, 0.3) is 5.65 Å². The van der Waals surface area contributed by atoms with E-state index in [0.717, 1.165) is 5.65 Å². The van der Waals surface area contributed by atoms with Crippen molar-refractivity contribution in [2.45, 2.75) is 39.0 Å². The van der Waals surface area contributed by atoms with Crippen LogP contribution in [0.15, 0.2) is 24.7 Å². The van der Waals surface area contributed by atoms with Gasteiger partial charge in [-0.3, -0.25) is 0 Å². The lowest BCUT2D eigenvalue weighted by atomic mass is 9.97. The lowest BCUT2D eigenvalue weighted by Crippen LogP contribution is -1.97. The van der Waals surface area contributed by atoms with E-state index in [1.807, 2.05) is 10.6 Å². The summed E-state index contributed by atoms with van der Waals surface area (Å²) < 4.78 is 1.85. The molecule has 3 nitrogen and oxygen atoms in total. The molecule has 80 valence electrons. The van der Waals surface area contributed by atoms with Crippen LogP contribution in [-0.4, -0.2) is 14.6 Å². The van der Waals surface area contributed by atoms with E-state index in [9.17, 15) is 0 Å². The fourth-order valence-electron chi connectivity index (χ4n) is 1.80. The SMILES string of the molecule is CCCCC(C)c1ccc2ncnn2c1. The fourth-order valence-corrected chi connectivity index (χ4v) is 1.80. The molecule has 0 aromatic carbocycles. The predicted octanol–water partition coefficient (Wildman–Crippen LogP) is 3.02. The van der Waals surface area contributed by atoms with E-state index in [-0.39, 0.29) is 0 Å². The van der Waals surface area contributed by atoms with Crippen molar-refractivity contribution in [3.8, 4) is 0 Å². The topological polar surface area (TPSA) is 30.2 Å². The molecule has 0 N–H and O–H groups in total. The van der Waals surface area contributed by atoms with Gasteiger partial charge in [0.15, 0.2) is 5.65 Å². The summed E-state index contributed by atoms with van der Waals surface area (Å²) in [5.41, 5.74) is 2.27. The average molecular weight is 203 g/mol. The van der Waals surface area contributed by atoms with E-state index in [2.05, 4.69) is 36.2 Å². The van der Waals surface area contributed by atoms with Crippen LogP contribution in [0.3, 0.4) is 0 Å². The molecule has 0 amide bonds. The van der Waals surface area contributed by atoms with Crippen LogP contribution in [-0.2, 0) is 0 Å². The molecule has 15 heavy (non-hydrogen) atoms. The van der Waals surface area contributed by atoms with Gasteiger partial charge in [-0.25, -0.2) is 9.50 Å². The first-order chi connectivity index (χ1) is 7.31. The summed E-state index contributed by atoms with van der Waals surface area (Å²) in [5.74, 6) is 0.610. The first-order valence-corrected chi connectivity index (χ1v) is 5.60. The van der Waals surface area contributed by atoms with E-state index in [1.165, 1.54) is 24.8 Å². The number of pyridine rings is 1. The van der Waals surface area contributed by atoms with Crippen LogP contribution in [0.1, 0.15) is 44.6 Å². The molecule has 3 heteroatoms. The summed E-state index contributed by atoms with van der Waals surface area (Å²) in [4.78, 5) is 4.13. The molecule has 0 saturated carbocycles. The second kappa shape index (κ2) is 4.43. The molecule has 0 spiro atoms. The van der Waals surface area contributed by atoms with Gasteiger partial charge >= 0.3 is 0 Å². The Kier molecular flexibility index (Phi) is 2.99. The van der Waals surface area contributed by atoms with Crippen LogP contribution < -0.4 is 0 Å². The number of hydrogen-bond acceptors (Lipinski definition) is 2. The minimum atomic E-state index is 0.610. The summed E-state index contributed by atoms with van der Waals surface area (Å²) in [5, 5.41) is 4.15. The fraction of sp³-hybridized carbons (Fsp3) is 0.500. The molecule has 0 aliphatic heterocycles. The monoisotopic (exact) mass is 203 g/mol. The van der Waals surface area contributed by atoms with Crippen molar-refractivity contribution in [3.63, 3.8) is 0 Å². The standard InChI is InChI=1S/C12H17N3/c1-3-4-5-10(2)11-6-7-12-13-9-14-15(12)8-11/h6-10H,3-5H2,1-2H3. The van der Waals surface area contributed by atoms with E-state index < -0.39 is 0 Å². The molecule has 2 aromatic heterocycles. The Morgan fingerprint density at radius 3 is 3.07 bits per heavy atom. The van der Waals surface area contributed by atoms with Crippen LogP contribution in [0.2, 0.25) is 0 Å². The number of aromatic nitrogens is 3. The molecular formula is C12H17N3. The van der Waals surface area contributed by atoms with Crippen molar-refractivity contribution in [2.24, 2.45) is 0 Å². The summed E-state index contributed by atoms with van der Waals surface area (Å²) in [6, 6.07) is 4.19. The van der Waals surface area contributed by atoms with Gasteiger partial charge in [-0.2, -0.15) is 5.10 Å². The van der Waals surface area contributed by atoms with Crippen LogP contribution in [0, 0.1) is 0 Å². The number of hydrogen-bond donors (Lipinski definition) is 0. The van der Waals surface area contributed by atoms with Crippen molar-refractivity contribution in [1.29, 1.82) is 0 Å². The molecule has 1 atom stereocenters. The van der Waals surface area contributed by atoms with Gasteiger partial charge in [0.05, 0.1) is 0 Å². The smallest absolute Gasteiger partial charge is 0.155 e. The second-order valence-corrected chi connectivity index (χ2v) is 4.07. The maximum Gasteiger partial charge on any atom is 0.155 e. The van der Waals surface area contributed by atoms with Gasteiger partial charge in [0, 0.05) is 6.20 Å². The van der Waals surface area contributed by atoms with E-state index in [0.29, 0.717) is 5.92 Å². The lowest BCUT2D eigenvalue weighted by molar-refractivity contribution is 0.620. The van der Waals surface area contributed by atoms with Gasteiger partial charge < -0.3 is 0 Å². The summed E-state index contributed by atoms with van der Waals surface area (Å²) in [7, 11) is 0. The normalized spacial score (nSPS) is 13.2. The van der Waals surface area contributed by atoms with Gasteiger partial charge in [-0.05, 0) is 24.0 Å². The van der Waals surface area contributed by atoms with Gasteiger partial charge in [0.1, 0.15) is 6.33 Å². The maximum absolute atomic E-state index is 4.15. The minimum Gasteiger partial charge on any atom is -0.221 e. The highest BCUT2D eigenvalue weighted by Crippen LogP contribution is 2.21. The van der Waals surface area contributed by atoms with Gasteiger partial charge in [0.2, 0.25) is 0 Å². The Morgan fingerprint density at radius 1 is 1.40 bits per heavy atom. The zero-order chi connectivity index (χ0) is 10.7. The predicted molar refractivity (Wildman–Crippen MR) is 60.9 cm³/mol. The van der Waals surface area contributed by atoms with Crippen LogP contribution in [0.4, 0.5) is 0 Å². The lowest BCUT2D eigenvalue weighted by Gasteiger charge is -2.10. The third kappa shape index (κ3) is 2.17. The summed E-state index contributed by atoms with van der Waals surface area (Å²) in [6.45, 7) is 4.50. The molecule has 0 fully saturated rings. The quantitative estimate of drug-likeness (QED) is 0.764. The molecule has 0 saturated heterocycles. The van der Waals surface area contributed by atoms with E-state index in [1.54, 1.807) is 6.33 Å². The Morgan fingerprint density at radius 2 is 2.27 bits per heavy atom. The zero-order valence-electron chi connectivity index (χ0n) is 9.35. The molecule has 0 radical (unpaired) electrons. The number of unbranched alkanes of at least 4 members (excludes halogenated alkanes) is 1. The number of nitrogens with zero attached hydrogens (tertiary/aromatic N) is 3. The third-order valence-corrected chi connectivity index (χ3v) is 2.86. The molecule has 0 aliphatic rings. The average Bonchev–Trinajstić information content (AvgIpc) is 2.72. The summed E-state index contributed by atoms with van der Waals surface area (Å²) >= 11 is 0. The Hall–Kier alpha value is -1.38. The van der Waals surface area contributed by atoms with E-state index in [4.69, 9.17) is 0 Å². The maximum atomic E-state index is 4.15. The van der Waals surface area contributed by atoms with Crippen molar-refractivity contribution < 1.29 is 0 Å². The van der Waals surface area contributed by atoms with Crippen LogP contribution in [0.5, 0.6) is 0 Å². The molecule has 2 aromatic rings. The molecule has 0 aliphatic carbocycles. The van der Waals surface area contributed by atoms with Crippen molar-refractivity contribution in [1.82, 2.24) is 14.6 Å². The Labute approximate surface area is 90.1 Å². The molecule has 2 heterocycles. The van der Waals surface area contributed by atoms with E-state index >= 15 is 0 Å². The highest BCUT2D eigenvalue weighted by atomic mass is 15.3. The zero-order valence-corrected chi connectivity index (χ0v) is 9.35. The van der Waals surface area contributed by atoms with Crippen molar-refractivity contribution in [3.05, 3.63) is 30.2 Å². The first kappa shape index (κ1) is 10.1. The van der Waals surface area contributed by atoms with Gasteiger partial charge in [-0.1, -0.05) is 32.8 Å². The minimum absolute atomic E-state index is 0.610. The summed E-state index contributed by atoms with van der Waals surface area (Å²) in [6.07, 6.45) is 7.47. The molecule has 0 bridgehead atoms. The van der Waals surface area contributed by atoms with Gasteiger partial charge in [0.25, 0.3) is 0 Å². The number of rotatable bonds is 4. The largest absolute Gasteiger partial charge is 0.221 e. The second-order valence-electron chi connectivity index (χ2n) is 4.07. The first-order valence-electron chi connectivity index (χ1n) is 5.60. The van der Waals surface area contributed by atoms with Crippen molar-refractivity contribution >= 4 is 5.65 Å². The molecule has 1 unspecified atom stereocenters. The third-order valence-electron chi connectivity index (χ3n) is 2.86. The highest BCUT2D eigenvalue weighted by Gasteiger charge is 2.06. The number of fused-ring (bicyclic) bond motifs is 1. The van der Waals surface area contributed by atoms with Gasteiger partial charge in [-0.15, -0.1) is 0 Å². The Bertz CT molecular complexity index is 433. The molecule has 2 rings (SSSR count). The Balaban J connectivity index is 2.19.